The third kappa shape index (κ3) is 5.24. The van der Waals surface area contributed by atoms with Gasteiger partial charge in [0.15, 0.2) is 0 Å². The maximum Gasteiger partial charge on any atom is 0.231 e. The number of hydrogen-bond donors (Lipinski definition) is 2. The zero-order valence-corrected chi connectivity index (χ0v) is 20.0. The summed E-state index contributed by atoms with van der Waals surface area (Å²) in [5, 5.41) is 20.1. The van der Waals surface area contributed by atoms with Crippen molar-refractivity contribution in [3.8, 4) is 5.75 Å². The predicted molar refractivity (Wildman–Crippen MR) is 140 cm³/mol. The topological polar surface area (TPSA) is 64.9 Å². The molecule has 2 N–H and O–H groups in total. The molecular formula is C30H33N3O2. The lowest BCUT2D eigenvalue weighted by atomic mass is 9.79. The zero-order chi connectivity index (χ0) is 24.0. The third-order valence-electron chi connectivity index (χ3n) is 7.17. The lowest BCUT2D eigenvalue weighted by Crippen LogP contribution is -2.41. The first-order valence-corrected chi connectivity index (χ1v) is 12.7. The molecule has 0 fully saturated rings. The van der Waals surface area contributed by atoms with Gasteiger partial charge < -0.3 is 10.4 Å². The zero-order valence-electron chi connectivity index (χ0n) is 20.0. The number of nitrogens with zero attached hydrogens (tertiary/aromatic N) is 2. The molecule has 1 heterocycles. The first-order chi connectivity index (χ1) is 17.2. The first-order valence-electron chi connectivity index (χ1n) is 12.7. The second-order valence-corrected chi connectivity index (χ2v) is 9.52. The maximum absolute atomic E-state index is 13.8. The summed E-state index contributed by atoms with van der Waals surface area (Å²) < 4.78 is 0. The average Bonchev–Trinajstić information content (AvgIpc) is 3.32. The highest BCUT2D eigenvalue weighted by atomic mass is 16.3. The molecule has 0 radical (unpaired) electrons. The van der Waals surface area contributed by atoms with Crippen LogP contribution in [-0.2, 0) is 11.2 Å². The minimum absolute atomic E-state index is 0.0420. The molecule has 2 aliphatic carbocycles. The van der Waals surface area contributed by atoms with Gasteiger partial charge in [0.2, 0.25) is 5.91 Å². The van der Waals surface area contributed by atoms with Crippen molar-refractivity contribution in [2.45, 2.75) is 44.6 Å². The Balaban J connectivity index is 1.44. The van der Waals surface area contributed by atoms with E-state index >= 15 is 0 Å². The Morgan fingerprint density at radius 3 is 2.57 bits per heavy atom. The molecule has 1 aliphatic heterocycles. The fraction of sp³-hybridized carbons (Fsp3) is 0.333. The summed E-state index contributed by atoms with van der Waals surface area (Å²) in [4.78, 5) is 13.8. The molecule has 0 aromatic heterocycles. The number of phenolic OH excluding ortho intramolecular Hbond substituents is 1. The molecule has 0 saturated carbocycles. The second-order valence-electron chi connectivity index (χ2n) is 9.52. The van der Waals surface area contributed by atoms with Crippen LogP contribution in [0.15, 0.2) is 95.8 Å². The van der Waals surface area contributed by atoms with Gasteiger partial charge in [0.05, 0.1) is 11.8 Å². The molecule has 3 atom stereocenters. The predicted octanol–water partition coefficient (Wildman–Crippen LogP) is 5.67. The van der Waals surface area contributed by atoms with Crippen LogP contribution in [0.25, 0.3) is 0 Å². The maximum atomic E-state index is 13.8. The van der Waals surface area contributed by atoms with Gasteiger partial charge in [-0.3, -0.25) is 9.80 Å². The minimum Gasteiger partial charge on any atom is -0.508 e. The van der Waals surface area contributed by atoms with E-state index in [1.807, 2.05) is 30.3 Å². The smallest absolute Gasteiger partial charge is 0.231 e. The van der Waals surface area contributed by atoms with Crippen molar-refractivity contribution >= 4 is 11.6 Å². The van der Waals surface area contributed by atoms with Crippen molar-refractivity contribution in [3.63, 3.8) is 0 Å². The van der Waals surface area contributed by atoms with E-state index in [4.69, 9.17) is 5.10 Å². The molecule has 180 valence electrons. The van der Waals surface area contributed by atoms with E-state index in [2.05, 4.69) is 52.8 Å². The van der Waals surface area contributed by atoms with Crippen LogP contribution in [0.5, 0.6) is 5.75 Å². The summed E-state index contributed by atoms with van der Waals surface area (Å²) >= 11 is 0. The molecule has 1 amide bonds. The number of carbonyl (C=O) groups is 1. The van der Waals surface area contributed by atoms with E-state index in [9.17, 15) is 9.90 Å². The Labute approximate surface area is 207 Å². The highest BCUT2D eigenvalue weighted by molar-refractivity contribution is 6.07. The van der Waals surface area contributed by atoms with E-state index in [0.717, 1.165) is 48.9 Å². The Hall–Kier alpha value is -3.60. The van der Waals surface area contributed by atoms with E-state index in [1.54, 1.807) is 12.1 Å². The second kappa shape index (κ2) is 10.8. The van der Waals surface area contributed by atoms with Crippen molar-refractivity contribution in [3.05, 3.63) is 102 Å². The van der Waals surface area contributed by atoms with Crippen molar-refractivity contribution in [1.82, 2.24) is 10.3 Å². The van der Waals surface area contributed by atoms with Crippen molar-refractivity contribution in [1.29, 1.82) is 0 Å². The Kier molecular flexibility index (Phi) is 7.12. The standard InChI is InChI=1S/C30H33N3O2/c34-26-18-16-22(17-19-26)20-21-31-30(35)27-28(23-10-4-1-5-11-23)32-33(25-14-8-3-9-15-25)29(27)24-12-6-2-7-13-24/h1-4,6-8,12-14,16-19,23,27,29,34H,5,9-11,15,20-21H2,(H,31,35). The number of allylic oxidation sites excluding steroid dienone is 6. The Morgan fingerprint density at radius 2 is 1.86 bits per heavy atom. The monoisotopic (exact) mass is 467 g/mol. The molecular weight excluding hydrogens is 434 g/mol. The van der Waals surface area contributed by atoms with Gasteiger partial charge in [-0.1, -0.05) is 66.8 Å². The van der Waals surface area contributed by atoms with Crippen LogP contribution in [0.3, 0.4) is 0 Å². The van der Waals surface area contributed by atoms with Gasteiger partial charge in [-0.05, 0) is 67.9 Å². The van der Waals surface area contributed by atoms with Gasteiger partial charge in [-0.15, -0.1) is 0 Å². The van der Waals surface area contributed by atoms with Gasteiger partial charge in [-0.25, -0.2) is 0 Å². The summed E-state index contributed by atoms with van der Waals surface area (Å²) in [5.41, 5.74) is 4.39. The van der Waals surface area contributed by atoms with E-state index in [0.29, 0.717) is 13.0 Å². The normalized spacial score (nSPS) is 23.7. The number of amides is 1. The fourth-order valence-corrected chi connectivity index (χ4v) is 5.34. The van der Waals surface area contributed by atoms with Crippen LogP contribution >= 0.6 is 0 Å². The van der Waals surface area contributed by atoms with Gasteiger partial charge in [-0.2, -0.15) is 5.10 Å². The van der Waals surface area contributed by atoms with Gasteiger partial charge in [0, 0.05) is 18.2 Å². The van der Waals surface area contributed by atoms with Crippen molar-refractivity contribution < 1.29 is 9.90 Å². The molecule has 0 bridgehead atoms. The average molecular weight is 468 g/mol. The summed E-state index contributed by atoms with van der Waals surface area (Å²) in [7, 11) is 0. The molecule has 5 nitrogen and oxygen atoms in total. The number of rotatable bonds is 7. The summed E-state index contributed by atoms with van der Waals surface area (Å²) in [5.74, 6) is 0.244. The summed E-state index contributed by atoms with van der Waals surface area (Å²) in [6, 6.07) is 17.4. The van der Waals surface area contributed by atoms with Gasteiger partial charge in [0.25, 0.3) is 0 Å². The van der Waals surface area contributed by atoms with Crippen LogP contribution in [-0.4, -0.2) is 28.3 Å². The van der Waals surface area contributed by atoms with E-state index < -0.39 is 0 Å². The van der Waals surface area contributed by atoms with Crippen molar-refractivity contribution in [2.24, 2.45) is 16.9 Å². The molecule has 3 aliphatic rings. The van der Waals surface area contributed by atoms with E-state index in [-0.39, 0.29) is 29.5 Å². The van der Waals surface area contributed by atoms with Crippen LogP contribution < -0.4 is 5.32 Å². The highest BCUT2D eigenvalue weighted by Gasteiger charge is 2.46. The third-order valence-corrected chi connectivity index (χ3v) is 7.17. The molecule has 2 aromatic carbocycles. The SMILES string of the molecule is O=C(NCCc1ccc(O)cc1)C1C(C2CC=CCC2)=NN(C2=CC=CCC2)C1c1ccccc1. The Bertz CT molecular complexity index is 1150. The lowest BCUT2D eigenvalue weighted by molar-refractivity contribution is -0.124. The van der Waals surface area contributed by atoms with Crippen LogP contribution in [0, 0.1) is 11.8 Å². The molecule has 3 unspecified atom stereocenters. The molecule has 2 aromatic rings. The highest BCUT2D eigenvalue weighted by Crippen LogP contribution is 2.43. The largest absolute Gasteiger partial charge is 0.508 e. The number of aromatic hydroxyl groups is 1. The molecule has 5 rings (SSSR count). The van der Waals surface area contributed by atoms with E-state index in [1.165, 1.54) is 5.70 Å². The van der Waals surface area contributed by atoms with Crippen LogP contribution in [0.2, 0.25) is 0 Å². The molecule has 0 spiro atoms. The molecule has 0 saturated heterocycles. The Morgan fingerprint density at radius 1 is 1.03 bits per heavy atom. The summed E-state index contributed by atoms with van der Waals surface area (Å²) in [6.45, 7) is 0.547. The van der Waals surface area contributed by atoms with Gasteiger partial charge >= 0.3 is 0 Å². The van der Waals surface area contributed by atoms with Crippen LogP contribution in [0.4, 0.5) is 0 Å². The van der Waals surface area contributed by atoms with Crippen molar-refractivity contribution in [2.75, 3.05) is 6.54 Å². The fourth-order valence-electron chi connectivity index (χ4n) is 5.34. The number of hydrazone groups is 1. The summed E-state index contributed by atoms with van der Waals surface area (Å²) in [6.07, 6.45) is 16.5. The first kappa shape index (κ1) is 23.2. The number of phenols is 1. The quantitative estimate of drug-likeness (QED) is 0.516. The van der Waals surface area contributed by atoms with Gasteiger partial charge in [0.1, 0.15) is 11.7 Å². The minimum atomic E-state index is -0.333. The number of nitrogens with one attached hydrogen (secondary N) is 1. The number of carbonyl (C=O) groups excluding carboxylic acids is 1. The molecule has 35 heavy (non-hydrogen) atoms. The lowest BCUT2D eigenvalue weighted by Gasteiger charge is -2.31. The molecule has 5 heteroatoms. The number of hydrogen-bond acceptors (Lipinski definition) is 4. The van der Waals surface area contributed by atoms with Crippen LogP contribution in [0.1, 0.15) is 49.3 Å². The number of benzene rings is 2.